The standard InChI is InChI=1S/C12H23NO3/c1-4-12(2,11(14)15)13-9-6-5-7-10(8-9)16-3/h9-10,13H,4-8H2,1-3H3,(H,14,15). The van der Waals surface area contributed by atoms with Crippen molar-refractivity contribution < 1.29 is 14.6 Å². The zero-order valence-corrected chi connectivity index (χ0v) is 10.5. The lowest BCUT2D eigenvalue weighted by molar-refractivity contribution is -0.145. The Morgan fingerprint density at radius 2 is 2.25 bits per heavy atom. The lowest BCUT2D eigenvalue weighted by Crippen LogP contribution is -2.54. The number of nitrogens with one attached hydrogen (secondary N) is 1. The van der Waals surface area contributed by atoms with Crippen LogP contribution in [0.3, 0.4) is 0 Å². The number of carboxylic acid groups (broad SMARTS) is 1. The second kappa shape index (κ2) is 5.64. The van der Waals surface area contributed by atoms with Crippen molar-refractivity contribution in [2.45, 2.75) is 63.6 Å². The van der Waals surface area contributed by atoms with Gasteiger partial charge in [-0.05, 0) is 39.0 Å². The van der Waals surface area contributed by atoms with E-state index in [2.05, 4.69) is 5.32 Å². The van der Waals surface area contributed by atoms with Crippen LogP contribution in [0, 0.1) is 0 Å². The van der Waals surface area contributed by atoms with E-state index in [1.807, 2.05) is 6.92 Å². The average Bonchev–Trinajstić information content (AvgIpc) is 2.29. The Labute approximate surface area is 97.4 Å². The summed E-state index contributed by atoms with van der Waals surface area (Å²) in [5, 5.41) is 12.5. The van der Waals surface area contributed by atoms with E-state index >= 15 is 0 Å². The summed E-state index contributed by atoms with van der Waals surface area (Å²) in [4.78, 5) is 11.2. The molecular weight excluding hydrogens is 206 g/mol. The minimum absolute atomic E-state index is 0.264. The van der Waals surface area contributed by atoms with Crippen molar-refractivity contribution in [3.05, 3.63) is 0 Å². The molecular formula is C12H23NO3. The molecule has 1 aliphatic carbocycles. The van der Waals surface area contributed by atoms with Gasteiger partial charge in [-0.2, -0.15) is 0 Å². The molecule has 4 nitrogen and oxygen atoms in total. The largest absolute Gasteiger partial charge is 0.480 e. The fourth-order valence-electron chi connectivity index (χ4n) is 2.26. The monoisotopic (exact) mass is 229 g/mol. The number of methoxy groups -OCH3 is 1. The zero-order valence-electron chi connectivity index (χ0n) is 10.5. The maximum Gasteiger partial charge on any atom is 0.323 e. The summed E-state index contributed by atoms with van der Waals surface area (Å²) in [7, 11) is 1.73. The van der Waals surface area contributed by atoms with Crippen molar-refractivity contribution in [1.29, 1.82) is 0 Å². The van der Waals surface area contributed by atoms with Crippen LogP contribution in [0.25, 0.3) is 0 Å². The highest BCUT2D eigenvalue weighted by molar-refractivity contribution is 5.78. The maximum absolute atomic E-state index is 11.2. The van der Waals surface area contributed by atoms with E-state index in [1.165, 1.54) is 0 Å². The Hall–Kier alpha value is -0.610. The minimum Gasteiger partial charge on any atom is -0.480 e. The summed E-state index contributed by atoms with van der Waals surface area (Å²) >= 11 is 0. The average molecular weight is 229 g/mol. The molecule has 94 valence electrons. The van der Waals surface area contributed by atoms with Crippen molar-refractivity contribution in [3.8, 4) is 0 Å². The van der Waals surface area contributed by atoms with Crippen LogP contribution < -0.4 is 5.32 Å². The molecule has 1 rings (SSSR count). The molecule has 16 heavy (non-hydrogen) atoms. The van der Waals surface area contributed by atoms with Crippen LogP contribution in [0.15, 0.2) is 0 Å². The first-order chi connectivity index (χ1) is 7.51. The van der Waals surface area contributed by atoms with Gasteiger partial charge in [0, 0.05) is 13.2 Å². The van der Waals surface area contributed by atoms with E-state index < -0.39 is 11.5 Å². The number of hydrogen-bond acceptors (Lipinski definition) is 3. The molecule has 3 unspecified atom stereocenters. The maximum atomic E-state index is 11.2. The van der Waals surface area contributed by atoms with Crippen LogP contribution in [0.2, 0.25) is 0 Å². The summed E-state index contributed by atoms with van der Waals surface area (Å²) < 4.78 is 5.34. The second-order valence-corrected chi connectivity index (χ2v) is 4.86. The van der Waals surface area contributed by atoms with Crippen molar-refractivity contribution in [1.82, 2.24) is 5.32 Å². The van der Waals surface area contributed by atoms with Crippen molar-refractivity contribution in [2.24, 2.45) is 0 Å². The lowest BCUT2D eigenvalue weighted by atomic mass is 9.89. The van der Waals surface area contributed by atoms with E-state index in [0.717, 1.165) is 25.7 Å². The van der Waals surface area contributed by atoms with E-state index in [0.29, 0.717) is 6.42 Å². The molecule has 1 saturated carbocycles. The molecule has 0 aliphatic heterocycles. The Morgan fingerprint density at radius 1 is 1.56 bits per heavy atom. The summed E-state index contributed by atoms with van der Waals surface area (Å²) in [6, 6.07) is 0.264. The first-order valence-electron chi connectivity index (χ1n) is 6.05. The number of rotatable bonds is 5. The number of aliphatic carboxylic acids is 1. The molecule has 4 heteroatoms. The van der Waals surface area contributed by atoms with Gasteiger partial charge < -0.3 is 9.84 Å². The predicted octanol–water partition coefficient (Wildman–Crippen LogP) is 1.79. The molecule has 0 radical (unpaired) electrons. The Kier molecular flexibility index (Phi) is 4.74. The minimum atomic E-state index is -0.805. The fourth-order valence-corrected chi connectivity index (χ4v) is 2.26. The molecule has 0 aromatic heterocycles. The summed E-state index contributed by atoms with van der Waals surface area (Å²) in [5.74, 6) is -0.769. The van der Waals surface area contributed by atoms with E-state index in [1.54, 1.807) is 14.0 Å². The van der Waals surface area contributed by atoms with Gasteiger partial charge in [-0.15, -0.1) is 0 Å². The molecule has 1 aliphatic rings. The molecule has 0 bridgehead atoms. The normalized spacial score (nSPS) is 29.7. The van der Waals surface area contributed by atoms with E-state index in [9.17, 15) is 9.90 Å². The third kappa shape index (κ3) is 3.19. The summed E-state index contributed by atoms with van der Waals surface area (Å²) in [6.45, 7) is 3.66. The van der Waals surface area contributed by atoms with Crippen LogP contribution >= 0.6 is 0 Å². The highest BCUT2D eigenvalue weighted by Crippen LogP contribution is 2.23. The van der Waals surface area contributed by atoms with Crippen LogP contribution in [0.4, 0.5) is 0 Å². The van der Waals surface area contributed by atoms with Gasteiger partial charge in [0.25, 0.3) is 0 Å². The Morgan fingerprint density at radius 3 is 2.75 bits per heavy atom. The predicted molar refractivity (Wildman–Crippen MR) is 62.5 cm³/mol. The van der Waals surface area contributed by atoms with Gasteiger partial charge >= 0.3 is 5.97 Å². The molecule has 2 N–H and O–H groups in total. The Balaban J connectivity index is 2.55. The van der Waals surface area contributed by atoms with Gasteiger partial charge in [-0.1, -0.05) is 6.92 Å². The van der Waals surface area contributed by atoms with Crippen LogP contribution in [0.5, 0.6) is 0 Å². The number of carboxylic acids is 1. The van der Waals surface area contributed by atoms with Crippen LogP contribution in [-0.4, -0.2) is 35.9 Å². The van der Waals surface area contributed by atoms with Crippen LogP contribution in [-0.2, 0) is 9.53 Å². The van der Waals surface area contributed by atoms with E-state index in [4.69, 9.17) is 4.74 Å². The highest BCUT2D eigenvalue weighted by atomic mass is 16.5. The van der Waals surface area contributed by atoms with Gasteiger partial charge in [-0.3, -0.25) is 10.1 Å². The molecule has 0 saturated heterocycles. The molecule has 0 heterocycles. The SMILES string of the molecule is CCC(C)(NC1CCCC(OC)C1)C(=O)O. The quantitative estimate of drug-likeness (QED) is 0.754. The zero-order chi connectivity index (χ0) is 12.2. The third-order valence-electron chi connectivity index (χ3n) is 3.66. The smallest absolute Gasteiger partial charge is 0.323 e. The lowest BCUT2D eigenvalue weighted by Gasteiger charge is -2.35. The molecule has 0 spiro atoms. The van der Waals surface area contributed by atoms with E-state index in [-0.39, 0.29) is 12.1 Å². The van der Waals surface area contributed by atoms with Crippen molar-refractivity contribution in [2.75, 3.05) is 7.11 Å². The van der Waals surface area contributed by atoms with Gasteiger partial charge in [0.1, 0.15) is 5.54 Å². The number of ether oxygens (including phenoxy) is 1. The fraction of sp³-hybridized carbons (Fsp3) is 0.917. The molecule has 0 amide bonds. The van der Waals surface area contributed by atoms with Crippen LogP contribution in [0.1, 0.15) is 46.0 Å². The first-order valence-corrected chi connectivity index (χ1v) is 6.05. The van der Waals surface area contributed by atoms with Gasteiger partial charge in [0.05, 0.1) is 6.10 Å². The molecule has 3 atom stereocenters. The topological polar surface area (TPSA) is 58.6 Å². The van der Waals surface area contributed by atoms with Gasteiger partial charge in [0.15, 0.2) is 0 Å². The Bertz CT molecular complexity index is 244. The van der Waals surface area contributed by atoms with Crippen molar-refractivity contribution in [3.63, 3.8) is 0 Å². The molecule has 1 fully saturated rings. The third-order valence-corrected chi connectivity index (χ3v) is 3.66. The van der Waals surface area contributed by atoms with Gasteiger partial charge in [-0.25, -0.2) is 0 Å². The second-order valence-electron chi connectivity index (χ2n) is 4.86. The highest BCUT2D eigenvalue weighted by Gasteiger charge is 2.34. The summed E-state index contributed by atoms with van der Waals surface area (Å²) in [5.41, 5.74) is -0.805. The summed E-state index contributed by atoms with van der Waals surface area (Å²) in [6.07, 6.45) is 5.03. The molecule has 0 aromatic rings. The van der Waals surface area contributed by atoms with Crippen molar-refractivity contribution >= 4 is 5.97 Å². The van der Waals surface area contributed by atoms with Gasteiger partial charge in [0.2, 0.25) is 0 Å². The number of carbonyl (C=O) groups is 1. The first kappa shape index (κ1) is 13.5. The molecule has 0 aromatic carbocycles. The number of hydrogen-bond donors (Lipinski definition) is 2.